The van der Waals surface area contributed by atoms with Crippen LogP contribution in [0.4, 0.5) is 5.82 Å². The van der Waals surface area contributed by atoms with Crippen molar-refractivity contribution >= 4 is 17.2 Å². The van der Waals surface area contributed by atoms with Crippen LogP contribution in [0.5, 0.6) is 0 Å². The summed E-state index contributed by atoms with van der Waals surface area (Å²) >= 11 is 1.46. The number of hydrogen-bond acceptors (Lipinski definition) is 5. The predicted octanol–water partition coefficient (Wildman–Crippen LogP) is 2.68. The van der Waals surface area contributed by atoms with Crippen LogP contribution in [-0.4, -0.2) is 17.0 Å². The van der Waals surface area contributed by atoms with Crippen molar-refractivity contribution in [3.63, 3.8) is 0 Å². The van der Waals surface area contributed by atoms with Gasteiger partial charge in [0.15, 0.2) is 0 Å². The van der Waals surface area contributed by atoms with Crippen molar-refractivity contribution in [1.82, 2.24) is 9.97 Å². The van der Waals surface area contributed by atoms with Gasteiger partial charge in [0.25, 0.3) is 0 Å². The minimum atomic E-state index is 0.701. The molecular weight excluding hydrogens is 232 g/mol. The van der Waals surface area contributed by atoms with Gasteiger partial charge in [0.1, 0.15) is 23.1 Å². The molecule has 0 aromatic carbocycles. The summed E-state index contributed by atoms with van der Waals surface area (Å²) in [6.45, 7) is 2.07. The van der Waals surface area contributed by atoms with Gasteiger partial charge in [0.05, 0.1) is 10.6 Å². The molecule has 0 aliphatic rings. The number of nitrogens with zero attached hydrogens (tertiary/aromatic N) is 3. The van der Waals surface area contributed by atoms with Crippen molar-refractivity contribution in [3.8, 4) is 16.6 Å². The van der Waals surface area contributed by atoms with Crippen molar-refractivity contribution in [2.24, 2.45) is 0 Å². The van der Waals surface area contributed by atoms with Crippen LogP contribution in [0.25, 0.3) is 10.6 Å². The standard InChI is InChI=1S/C12H12N4S/c1-3-9-11(15-7-16-12(9)14-2)10-5-4-8(6-13)17-10/h4-5,7H,3H2,1-2H3,(H,14,15,16). The van der Waals surface area contributed by atoms with E-state index in [0.29, 0.717) is 4.88 Å². The van der Waals surface area contributed by atoms with Gasteiger partial charge in [-0.2, -0.15) is 5.26 Å². The maximum absolute atomic E-state index is 8.84. The zero-order valence-electron chi connectivity index (χ0n) is 9.69. The first-order valence-corrected chi connectivity index (χ1v) is 6.13. The van der Waals surface area contributed by atoms with E-state index >= 15 is 0 Å². The molecule has 0 radical (unpaired) electrons. The molecule has 5 heteroatoms. The van der Waals surface area contributed by atoms with Gasteiger partial charge in [-0.05, 0) is 18.6 Å². The van der Waals surface area contributed by atoms with Gasteiger partial charge in [-0.3, -0.25) is 0 Å². The van der Waals surface area contributed by atoms with Crippen molar-refractivity contribution in [2.75, 3.05) is 12.4 Å². The summed E-state index contributed by atoms with van der Waals surface area (Å²) < 4.78 is 0. The topological polar surface area (TPSA) is 61.6 Å². The zero-order chi connectivity index (χ0) is 12.3. The molecule has 17 heavy (non-hydrogen) atoms. The first-order valence-electron chi connectivity index (χ1n) is 5.32. The highest BCUT2D eigenvalue weighted by Crippen LogP contribution is 2.31. The number of aromatic nitrogens is 2. The summed E-state index contributed by atoms with van der Waals surface area (Å²) in [7, 11) is 1.85. The highest BCUT2D eigenvalue weighted by atomic mass is 32.1. The Morgan fingerprint density at radius 1 is 1.41 bits per heavy atom. The monoisotopic (exact) mass is 244 g/mol. The highest BCUT2D eigenvalue weighted by Gasteiger charge is 2.12. The Labute approximate surface area is 104 Å². The van der Waals surface area contributed by atoms with Gasteiger partial charge in [-0.1, -0.05) is 6.92 Å². The number of thiophene rings is 1. The van der Waals surface area contributed by atoms with Crippen molar-refractivity contribution in [3.05, 3.63) is 28.9 Å². The molecule has 2 heterocycles. The van der Waals surface area contributed by atoms with Crippen LogP contribution >= 0.6 is 11.3 Å². The van der Waals surface area contributed by atoms with Crippen LogP contribution < -0.4 is 5.32 Å². The molecule has 0 atom stereocenters. The molecule has 0 saturated heterocycles. The lowest BCUT2D eigenvalue weighted by Crippen LogP contribution is -2.01. The van der Waals surface area contributed by atoms with Crippen molar-refractivity contribution in [2.45, 2.75) is 13.3 Å². The molecular formula is C12H12N4S. The predicted molar refractivity (Wildman–Crippen MR) is 69.0 cm³/mol. The normalized spacial score (nSPS) is 9.94. The lowest BCUT2D eigenvalue weighted by Gasteiger charge is -2.09. The first-order chi connectivity index (χ1) is 8.30. The van der Waals surface area contributed by atoms with Crippen LogP contribution in [-0.2, 0) is 6.42 Å². The van der Waals surface area contributed by atoms with Crippen LogP contribution in [0.2, 0.25) is 0 Å². The number of nitriles is 1. The first kappa shape index (κ1) is 11.6. The fourth-order valence-electron chi connectivity index (χ4n) is 1.70. The second-order valence-electron chi connectivity index (χ2n) is 3.43. The van der Waals surface area contributed by atoms with E-state index in [-0.39, 0.29) is 0 Å². The Balaban J connectivity index is 2.55. The molecule has 0 unspecified atom stereocenters. The van der Waals surface area contributed by atoms with E-state index in [1.807, 2.05) is 19.2 Å². The molecule has 0 bridgehead atoms. The van der Waals surface area contributed by atoms with Crippen LogP contribution in [0.1, 0.15) is 17.4 Å². The van der Waals surface area contributed by atoms with E-state index in [4.69, 9.17) is 5.26 Å². The molecule has 2 aromatic rings. The average Bonchev–Trinajstić information content (AvgIpc) is 2.86. The number of rotatable bonds is 3. The quantitative estimate of drug-likeness (QED) is 0.901. The maximum Gasteiger partial charge on any atom is 0.132 e. The molecule has 2 rings (SSSR count). The van der Waals surface area contributed by atoms with Gasteiger partial charge in [0.2, 0.25) is 0 Å². The smallest absolute Gasteiger partial charge is 0.132 e. The molecule has 0 fully saturated rings. The molecule has 0 aliphatic carbocycles. The Bertz CT molecular complexity index is 568. The van der Waals surface area contributed by atoms with Crippen LogP contribution in [0.15, 0.2) is 18.5 Å². The summed E-state index contributed by atoms with van der Waals surface area (Å²) in [5, 5.41) is 11.9. The van der Waals surface area contributed by atoms with Gasteiger partial charge >= 0.3 is 0 Å². The third-order valence-electron chi connectivity index (χ3n) is 2.49. The third kappa shape index (κ3) is 2.12. The SMILES string of the molecule is CCc1c(NC)ncnc1-c1ccc(C#N)s1. The Morgan fingerprint density at radius 3 is 2.82 bits per heavy atom. The minimum Gasteiger partial charge on any atom is -0.373 e. The molecule has 4 nitrogen and oxygen atoms in total. The van der Waals surface area contributed by atoms with Crippen molar-refractivity contribution in [1.29, 1.82) is 5.26 Å². The average molecular weight is 244 g/mol. The number of anilines is 1. The second kappa shape index (κ2) is 4.93. The molecule has 0 aliphatic heterocycles. The van der Waals surface area contributed by atoms with Crippen molar-refractivity contribution < 1.29 is 0 Å². The maximum atomic E-state index is 8.84. The molecule has 86 valence electrons. The van der Waals surface area contributed by atoms with E-state index in [1.54, 1.807) is 6.33 Å². The fraction of sp³-hybridized carbons (Fsp3) is 0.250. The largest absolute Gasteiger partial charge is 0.373 e. The van der Waals surface area contributed by atoms with E-state index in [2.05, 4.69) is 28.3 Å². The summed E-state index contributed by atoms with van der Waals surface area (Å²) in [6, 6.07) is 5.90. The molecule has 0 saturated carbocycles. The zero-order valence-corrected chi connectivity index (χ0v) is 10.5. The Morgan fingerprint density at radius 2 is 2.24 bits per heavy atom. The summed E-state index contributed by atoms with van der Waals surface area (Å²) in [5.41, 5.74) is 2.00. The molecule has 2 aromatic heterocycles. The number of hydrogen-bond donors (Lipinski definition) is 1. The third-order valence-corrected chi connectivity index (χ3v) is 3.48. The summed E-state index contributed by atoms with van der Waals surface area (Å²) in [4.78, 5) is 10.2. The number of nitrogens with one attached hydrogen (secondary N) is 1. The molecule has 0 spiro atoms. The summed E-state index contributed by atoms with van der Waals surface area (Å²) in [5.74, 6) is 0.851. The lowest BCUT2D eigenvalue weighted by atomic mass is 10.1. The van der Waals surface area contributed by atoms with Crippen LogP contribution in [0, 0.1) is 11.3 Å². The summed E-state index contributed by atoms with van der Waals surface area (Å²) in [6.07, 6.45) is 2.40. The van der Waals surface area contributed by atoms with Gasteiger partial charge in [0, 0.05) is 12.6 Å². The fourth-order valence-corrected chi connectivity index (χ4v) is 2.53. The van der Waals surface area contributed by atoms with E-state index in [9.17, 15) is 0 Å². The second-order valence-corrected chi connectivity index (χ2v) is 4.51. The van der Waals surface area contributed by atoms with Gasteiger partial charge in [-0.15, -0.1) is 11.3 Å². The molecule has 1 N–H and O–H groups in total. The van der Waals surface area contributed by atoms with Crippen LogP contribution in [0.3, 0.4) is 0 Å². The van der Waals surface area contributed by atoms with Gasteiger partial charge < -0.3 is 5.32 Å². The Kier molecular flexibility index (Phi) is 3.35. The van der Waals surface area contributed by atoms with E-state index in [1.165, 1.54) is 11.3 Å². The lowest BCUT2D eigenvalue weighted by molar-refractivity contribution is 1.05. The van der Waals surface area contributed by atoms with Gasteiger partial charge in [-0.25, -0.2) is 9.97 Å². The Hall–Kier alpha value is -1.93. The van der Waals surface area contributed by atoms with E-state index < -0.39 is 0 Å². The van der Waals surface area contributed by atoms with E-state index in [0.717, 1.165) is 28.4 Å². The molecule has 0 amide bonds. The minimum absolute atomic E-state index is 0.701. The highest BCUT2D eigenvalue weighted by molar-refractivity contribution is 7.16.